The molecule has 0 fully saturated rings. The first-order valence-electron chi connectivity index (χ1n) is 17.7. The van der Waals surface area contributed by atoms with Crippen LogP contribution in [0.5, 0.6) is 0 Å². The zero-order chi connectivity index (χ0) is 36.1. The smallest absolute Gasteiger partial charge is 0.0717 e. The van der Waals surface area contributed by atoms with Crippen LogP contribution in [-0.2, 0) is 0 Å². The molecule has 0 aliphatic heterocycles. The Balaban J connectivity index is 0.888. The lowest BCUT2D eigenvalue weighted by atomic mass is 9.93. The van der Waals surface area contributed by atoms with Crippen LogP contribution in [-0.4, -0.2) is 29.9 Å². The minimum atomic E-state index is 0.875. The summed E-state index contributed by atoms with van der Waals surface area (Å²) in [5.74, 6) is 0. The Kier molecular flexibility index (Phi) is 8.81. The quantitative estimate of drug-likeness (QED) is 0.158. The highest BCUT2D eigenvalue weighted by Crippen LogP contribution is 2.34. The van der Waals surface area contributed by atoms with E-state index in [1.54, 1.807) is 12.4 Å². The summed E-state index contributed by atoms with van der Waals surface area (Å²) in [6.45, 7) is 0. The molecule has 0 unspecified atom stereocenters. The molecule has 0 saturated heterocycles. The first kappa shape index (κ1) is 32.5. The number of rotatable bonds is 8. The first-order chi connectivity index (χ1) is 26.7. The van der Waals surface area contributed by atoms with Crippen LogP contribution in [0.4, 0.5) is 0 Å². The Labute approximate surface area is 313 Å². The molecule has 3 aromatic carbocycles. The summed E-state index contributed by atoms with van der Waals surface area (Å²) >= 11 is 0. The zero-order valence-electron chi connectivity index (χ0n) is 29.2. The molecule has 6 heteroatoms. The van der Waals surface area contributed by atoms with Crippen LogP contribution >= 0.6 is 0 Å². The van der Waals surface area contributed by atoms with Gasteiger partial charge in [-0.25, -0.2) is 0 Å². The molecule has 0 bridgehead atoms. The van der Waals surface area contributed by atoms with E-state index in [4.69, 9.17) is 9.97 Å². The zero-order valence-corrected chi connectivity index (χ0v) is 29.2. The van der Waals surface area contributed by atoms with Gasteiger partial charge in [0.25, 0.3) is 0 Å². The van der Waals surface area contributed by atoms with Gasteiger partial charge in [-0.05, 0) is 95.1 Å². The molecule has 0 saturated carbocycles. The van der Waals surface area contributed by atoms with Crippen molar-refractivity contribution in [3.8, 4) is 89.8 Å². The molecule has 254 valence electrons. The molecule has 0 aliphatic carbocycles. The van der Waals surface area contributed by atoms with Crippen molar-refractivity contribution >= 4 is 0 Å². The lowest BCUT2D eigenvalue weighted by Crippen LogP contribution is -1.90. The number of nitrogens with zero attached hydrogens (tertiary/aromatic N) is 6. The Hall–Kier alpha value is -7.44. The summed E-state index contributed by atoms with van der Waals surface area (Å²) < 4.78 is 0. The third kappa shape index (κ3) is 6.79. The van der Waals surface area contributed by atoms with Crippen molar-refractivity contribution in [3.63, 3.8) is 0 Å². The molecule has 0 aliphatic rings. The van der Waals surface area contributed by atoms with Crippen molar-refractivity contribution in [1.82, 2.24) is 29.9 Å². The monoisotopic (exact) mass is 692 g/mol. The predicted molar refractivity (Wildman–Crippen MR) is 217 cm³/mol. The van der Waals surface area contributed by atoms with Crippen LogP contribution in [0.3, 0.4) is 0 Å². The summed E-state index contributed by atoms with van der Waals surface area (Å²) in [6, 6.07) is 53.9. The number of pyridine rings is 6. The van der Waals surface area contributed by atoms with Gasteiger partial charge in [0.2, 0.25) is 0 Å². The van der Waals surface area contributed by atoms with Gasteiger partial charge in [0.15, 0.2) is 0 Å². The minimum absolute atomic E-state index is 0.875. The van der Waals surface area contributed by atoms with Crippen molar-refractivity contribution in [3.05, 3.63) is 195 Å². The lowest BCUT2D eigenvalue weighted by Gasteiger charge is -2.12. The summed E-state index contributed by atoms with van der Waals surface area (Å²) in [6.07, 6.45) is 11.1. The predicted octanol–water partition coefficient (Wildman–Crippen LogP) is 11.4. The maximum absolute atomic E-state index is 4.78. The summed E-state index contributed by atoms with van der Waals surface area (Å²) in [5.41, 5.74) is 16.0. The molecule has 0 radical (unpaired) electrons. The largest absolute Gasteiger partial charge is 0.256 e. The third-order valence-corrected chi connectivity index (χ3v) is 9.48. The molecule has 9 aromatic rings. The lowest BCUT2D eigenvalue weighted by molar-refractivity contribution is 1.26. The maximum atomic E-state index is 4.78. The van der Waals surface area contributed by atoms with Crippen LogP contribution in [0.1, 0.15) is 0 Å². The Morgan fingerprint density at radius 2 is 0.481 bits per heavy atom. The standard InChI is InChI=1S/C48H32N6/c1-2-8-42(34-13-17-36(18-14-34)46-24-20-40(32-52-46)48-26-22-38(30-54-48)44-10-4-6-28-50-44)41(7-1)33-11-15-35(16-12-33)45-23-19-39(31-51-45)47-25-21-37(29-53-47)43-9-3-5-27-49-43/h1-32H. The average molecular weight is 693 g/mol. The second-order valence-corrected chi connectivity index (χ2v) is 12.9. The normalized spacial score (nSPS) is 11.0. The molecular formula is C48H32N6. The second kappa shape index (κ2) is 14.7. The van der Waals surface area contributed by atoms with Crippen LogP contribution < -0.4 is 0 Å². The molecule has 54 heavy (non-hydrogen) atoms. The molecule has 6 nitrogen and oxygen atoms in total. The maximum Gasteiger partial charge on any atom is 0.0717 e. The van der Waals surface area contributed by atoms with E-state index in [0.717, 1.165) is 78.7 Å². The SMILES string of the molecule is c1ccc(-c2ccc(-c3ccc(-c4ccc(-c5ccccc5-c5ccc(-c6ccc(-c7ccc(-c8ccccn8)cn7)cn6)cc5)cc4)nc3)nc2)nc1. The van der Waals surface area contributed by atoms with Gasteiger partial charge in [0, 0.05) is 70.6 Å². The van der Waals surface area contributed by atoms with E-state index in [9.17, 15) is 0 Å². The fraction of sp³-hybridized carbons (Fsp3) is 0. The molecule has 9 rings (SSSR count). The van der Waals surface area contributed by atoms with Gasteiger partial charge in [-0.1, -0.05) is 84.9 Å². The van der Waals surface area contributed by atoms with E-state index in [-0.39, 0.29) is 0 Å². The van der Waals surface area contributed by atoms with Crippen molar-refractivity contribution in [2.24, 2.45) is 0 Å². The third-order valence-electron chi connectivity index (χ3n) is 9.48. The Morgan fingerprint density at radius 3 is 0.778 bits per heavy atom. The highest BCUT2D eigenvalue weighted by molar-refractivity contribution is 5.85. The Bertz CT molecular complexity index is 2440. The van der Waals surface area contributed by atoms with E-state index in [1.807, 2.05) is 85.5 Å². The van der Waals surface area contributed by atoms with Crippen molar-refractivity contribution in [1.29, 1.82) is 0 Å². The van der Waals surface area contributed by atoms with E-state index >= 15 is 0 Å². The Morgan fingerprint density at radius 1 is 0.204 bits per heavy atom. The van der Waals surface area contributed by atoms with Gasteiger partial charge in [-0.3, -0.25) is 29.9 Å². The van der Waals surface area contributed by atoms with Crippen LogP contribution in [0, 0.1) is 0 Å². The fourth-order valence-corrected chi connectivity index (χ4v) is 6.56. The van der Waals surface area contributed by atoms with Gasteiger partial charge in [0.1, 0.15) is 0 Å². The fourth-order valence-electron chi connectivity index (χ4n) is 6.56. The number of benzene rings is 3. The first-order valence-corrected chi connectivity index (χ1v) is 17.7. The molecule has 0 spiro atoms. The average Bonchev–Trinajstić information content (AvgIpc) is 3.27. The topological polar surface area (TPSA) is 77.3 Å². The van der Waals surface area contributed by atoms with E-state index < -0.39 is 0 Å². The molecular weight excluding hydrogens is 661 g/mol. The van der Waals surface area contributed by atoms with E-state index in [2.05, 4.69) is 117 Å². The van der Waals surface area contributed by atoms with E-state index in [0.29, 0.717) is 0 Å². The summed E-state index contributed by atoms with van der Waals surface area (Å²) in [7, 11) is 0. The summed E-state index contributed by atoms with van der Waals surface area (Å²) in [4.78, 5) is 27.7. The molecule has 0 N–H and O–H groups in total. The summed E-state index contributed by atoms with van der Waals surface area (Å²) in [5, 5.41) is 0. The van der Waals surface area contributed by atoms with Gasteiger partial charge >= 0.3 is 0 Å². The van der Waals surface area contributed by atoms with Crippen LogP contribution in [0.2, 0.25) is 0 Å². The molecule has 0 amide bonds. The second-order valence-electron chi connectivity index (χ2n) is 12.9. The van der Waals surface area contributed by atoms with Gasteiger partial charge in [-0.15, -0.1) is 0 Å². The molecule has 6 aromatic heterocycles. The van der Waals surface area contributed by atoms with Crippen molar-refractivity contribution in [2.45, 2.75) is 0 Å². The molecule has 0 atom stereocenters. The van der Waals surface area contributed by atoms with Gasteiger partial charge < -0.3 is 0 Å². The van der Waals surface area contributed by atoms with Crippen LogP contribution in [0.15, 0.2) is 195 Å². The van der Waals surface area contributed by atoms with Gasteiger partial charge in [-0.2, -0.15) is 0 Å². The highest BCUT2D eigenvalue weighted by Gasteiger charge is 2.11. The van der Waals surface area contributed by atoms with Gasteiger partial charge in [0.05, 0.1) is 34.2 Å². The number of hydrogen-bond acceptors (Lipinski definition) is 6. The van der Waals surface area contributed by atoms with E-state index in [1.165, 1.54) is 11.1 Å². The number of hydrogen-bond donors (Lipinski definition) is 0. The van der Waals surface area contributed by atoms with Crippen molar-refractivity contribution < 1.29 is 0 Å². The van der Waals surface area contributed by atoms with Crippen molar-refractivity contribution in [2.75, 3.05) is 0 Å². The molecule has 6 heterocycles. The minimum Gasteiger partial charge on any atom is -0.256 e. The number of aromatic nitrogens is 6. The highest BCUT2D eigenvalue weighted by atomic mass is 14.7. The van der Waals surface area contributed by atoms with Crippen LogP contribution in [0.25, 0.3) is 89.8 Å².